The van der Waals surface area contributed by atoms with Crippen LogP contribution in [0.15, 0.2) is 0 Å². The molecular weight excluding hydrogens is 212 g/mol. The number of rotatable bonds is 2. The van der Waals surface area contributed by atoms with E-state index in [1.54, 1.807) is 0 Å². The largest absolute Gasteiger partial charge is 0.480 e. The van der Waals surface area contributed by atoms with Crippen molar-refractivity contribution in [3.05, 3.63) is 0 Å². The molecule has 0 aromatic carbocycles. The van der Waals surface area contributed by atoms with E-state index in [0.29, 0.717) is 0 Å². The molecule has 0 bridgehead atoms. The van der Waals surface area contributed by atoms with Crippen LogP contribution >= 0.6 is 0 Å². The zero-order chi connectivity index (χ0) is 11.7. The number of amides is 2. The maximum absolute atomic E-state index is 11.7. The molecule has 1 aliphatic carbocycles. The van der Waals surface area contributed by atoms with Gasteiger partial charge in [-0.15, -0.1) is 0 Å². The van der Waals surface area contributed by atoms with Crippen molar-refractivity contribution in [3.8, 4) is 0 Å². The number of carbonyl (C=O) groups is 2. The third-order valence-electron chi connectivity index (χ3n) is 3.26. The van der Waals surface area contributed by atoms with Crippen LogP contribution in [-0.4, -0.2) is 51.8 Å². The summed E-state index contributed by atoms with van der Waals surface area (Å²) in [6, 6.07) is -1.08. The summed E-state index contributed by atoms with van der Waals surface area (Å²) >= 11 is 0. The molecule has 2 fully saturated rings. The zero-order valence-electron chi connectivity index (χ0n) is 8.93. The first-order valence-electron chi connectivity index (χ1n) is 5.56. The second kappa shape index (κ2) is 4.29. The molecule has 1 aliphatic heterocycles. The van der Waals surface area contributed by atoms with E-state index in [0.717, 1.165) is 19.3 Å². The van der Waals surface area contributed by atoms with Gasteiger partial charge in [-0.25, -0.2) is 9.59 Å². The van der Waals surface area contributed by atoms with E-state index in [1.165, 1.54) is 4.90 Å². The molecule has 0 aromatic heterocycles. The van der Waals surface area contributed by atoms with Crippen molar-refractivity contribution in [1.82, 2.24) is 10.2 Å². The van der Waals surface area contributed by atoms with Crippen molar-refractivity contribution in [1.29, 1.82) is 0 Å². The molecule has 16 heavy (non-hydrogen) atoms. The number of hydrogen-bond acceptors (Lipinski definition) is 3. The molecule has 1 saturated carbocycles. The van der Waals surface area contributed by atoms with Crippen LogP contribution in [0.1, 0.15) is 25.7 Å². The summed E-state index contributed by atoms with van der Waals surface area (Å²) < 4.78 is 0. The van der Waals surface area contributed by atoms with Gasteiger partial charge in [0.2, 0.25) is 0 Å². The summed E-state index contributed by atoms with van der Waals surface area (Å²) in [6.45, 7) is 0.107. The molecule has 6 nitrogen and oxygen atoms in total. The number of urea groups is 1. The number of β-amino-alcohol motifs (C(OH)–C–C–N with tert-alkyl or cyclic N) is 1. The molecule has 0 spiro atoms. The lowest BCUT2D eigenvalue weighted by molar-refractivity contribution is -0.141. The maximum atomic E-state index is 11.7. The number of aliphatic hydroxyl groups excluding tert-OH is 1. The molecule has 0 aromatic rings. The van der Waals surface area contributed by atoms with E-state index in [2.05, 4.69) is 5.32 Å². The Morgan fingerprint density at radius 1 is 1.31 bits per heavy atom. The lowest BCUT2D eigenvalue weighted by Gasteiger charge is -2.30. The van der Waals surface area contributed by atoms with Crippen molar-refractivity contribution in [3.63, 3.8) is 0 Å². The van der Waals surface area contributed by atoms with Crippen molar-refractivity contribution in [2.75, 3.05) is 6.54 Å². The van der Waals surface area contributed by atoms with Crippen molar-refractivity contribution in [2.45, 2.75) is 43.9 Å². The van der Waals surface area contributed by atoms with Gasteiger partial charge in [-0.3, -0.25) is 0 Å². The molecule has 0 radical (unpaired) electrons. The Morgan fingerprint density at radius 3 is 2.50 bits per heavy atom. The van der Waals surface area contributed by atoms with Crippen molar-refractivity contribution < 1.29 is 19.8 Å². The smallest absolute Gasteiger partial charge is 0.326 e. The maximum Gasteiger partial charge on any atom is 0.326 e. The first kappa shape index (κ1) is 11.2. The van der Waals surface area contributed by atoms with Crippen LogP contribution in [-0.2, 0) is 4.79 Å². The fourth-order valence-corrected chi connectivity index (χ4v) is 2.08. The summed E-state index contributed by atoms with van der Waals surface area (Å²) in [4.78, 5) is 23.9. The van der Waals surface area contributed by atoms with E-state index < -0.39 is 18.1 Å². The number of carboxylic acid groups (broad SMARTS) is 1. The minimum atomic E-state index is -1.06. The fourth-order valence-electron chi connectivity index (χ4n) is 2.08. The highest BCUT2D eigenvalue weighted by atomic mass is 16.4. The molecule has 1 saturated heterocycles. The number of carboxylic acids is 1. The molecule has 90 valence electrons. The van der Waals surface area contributed by atoms with Gasteiger partial charge in [-0.2, -0.15) is 0 Å². The Bertz CT molecular complexity index is 303. The quantitative estimate of drug-likeness (QED) is 0.609. The van der Waals surface area contributed by atoms with Crippen molar-refractivity contribution in [2.24, 2.45) is 0 Å². The average molecular weight is 228 g/mol. The van der Waals surface area contributed by atoms with Gasteiger partial charge >= 0.3 is 12.0 Å². The third-order valence-corrected chi connectivity index (χ3v) is 3.26. The number of hydrogen-bond donors (Lipinski definition) is 3. The Kier molecular flexibility index (Phi) is 3.00. The van der Waals surface area contributed by atoms with E-state index >= 15 is 0 Å². The Hall–Kier alpha value is -1.30. The zero-order valence-corrected chi connectivity index (χ0v) is 8.93. The minimum absolute atomic E-state index is 0.107. The van der Waals surface area contributed by atoms with Gasteiger partial charge in [0.25, 0.3) is 0 Å². The van der Waals surface area contributed by atoms with Gasteiger partial charge in [0, 0.05) is 19.0 Å². The lowest BCUT2D eigenvalue weighted by Crippen LogP contribution is -2.50. The Balaban J connectivity index is 1.95. The molecule has 2 rings (SSSR count). The summed E-state index contributed by atoms with van der Waals surface area (Å²) in [5.41, 5.74) is 0. The van der Waals surface area contributed by atoms with Gasteiger partial charge in [-0.1, -0.05) is 0 Å². The summed E-state index contributed by atoms with van der Waals surface area (Å²) in [7, 11) is 0. The van der Waals surface area contributed by atoms with Crippen LogP contribution in [0.3, 0.4) is 0 Å². The highest BCUT2D eigenvalue weighted by molar-refractivity contribution is 5.83. The number of carbonyl (C=O) groups excluding carboxylic acids is 1. The summed E-state index contributed by atoms with van der Waals surface area (Å²) in [5, 5.41) is 21.1. The number of nitrogens with zero attached hydrogens (tertiary/aromatic N) is 1. The normalized spacial score (nSPS) is 29.9. The molecule has 2 unspecified atom stereocenters. The van der Waals surface area contributed by atoms with Crippen molar-refractivity contribution >= 4 is 12.0 Å². The van der Waals surface area contributed by atoms with Gasteiger partial charge in [0.15, 0.2) is 0 Å². The van der Waals surface area contributed by atoms with E-state index in [-0.39, 0.29) is 25.0 Å². The predicted molar refractivity (Wildman–Crippen MR) is 54.9 cm³/mol. The van der Waals surface area contributed by atoms with Crippen LogP contribution in [0.25, 0.3) is 0 Å². The highest BCUT2D eigenvalue weighted by Crippen LogP contribution is 2.21. The van der Waals surface area contributed by atoms with Crippen LogP contribution < -0.4 is 5.32 Å². The van der Waals surface area contributed by atoms with E-state index in [1.807, 2.05) is 0 Å². The summed E-state index contributed by atoms with van der Waals surface area (Å²) in [6.07, 6.45) is 2.41. The summed E-state index contributed by atoms with van der Waals surface area (Å²) in [5.74, 6) is -1.06. The van der Waals surface area contributed by atoms with Gasteiger partial charge < -0.3 is 20.4 Å². The standard InChI is InChI=1S/C10H16N2O4/c13-7-4-8(9(14)15)12(5-7)10(16)11-6-2-1-3-6/h6-8,13H,1-5H2,(H,11,16)(H,14,15). The van der Waals surface area contributed by atoms with Crippen LogP contribution in [0.4, 0.5) is 4.79 Å². The second-order valence-electron chi connectivity index (χ2n) is 4.47. The molecule has 2 aliphatic rings. The van der Waals surface area contributed by atoms with E-state index in [4.69, 9.17) is 5.11 Å². The molecular formula is C10H16N2O4. The monoisotopic (exact) mass is 228 g/mol. The Morgan fingerprint density at radius 2 is 2.00 bits per heavy atom. The SMILES string of the molecule is O=C(O)C1CC(O)CN1C(=O)NC1CCC1. The Labute approximate surface area is 93.2 Å². The van der Waals surface area contributed by atoms with Gasteiger partial charge in [-0.05, 0) is 19.3 Å². The molecule has 2 atom stereocenters. The number of aliphatic carboxylic acids is 1. The first-order chi connectivity index (χ1) is 7.58. The topological polar surface area (TPSA) is 89.9 Å². The molecule has 2 amide bonds. The first-order valence-corrected chi connectivity index (χ1v) is 5.56. The number of likely N-dealkylation sites (tertiary alicyclic amines) is 1. The minimum Gasteiger partial charge on any atom is -0.480 e. The molecule has 3 N–H and O–H groups in total. The number of aliphatic hydroxyl groups is 1. The van der Waals surface area contributed by atoms with Crippen LogP contribution in [0.5, 0.6) is 0 Å². The third kappa shape index (κ3) is 2.11. The molecule has 6 heteroatoms. The average Bonchev–Trinajstić information content (AvgIpc) is 2.53. The van der Waals surface area contributed by atoms with Gasteiger partial charge in [0.05, 0.1) is 6.10 Å². The highest BCUT2D eigenvalue weighted by Gasteiger charge is 2.39. The second-order valence-corrected chi connectivity index (χ2v) is 4.47. The van der Waals surface area contributed by atoms with Crippen LogP contribution in [0.2, 0.25) is 0 Å². The molecule has 1 heterocycles. The van der Waals surface area contributed by atoms with E-state index in [9.17, 15) is 14.7 Å². The lowest BCUT2D eigenvalue weighted by atomic mass is 9.93. The number of nitrogens with one attached hydrogen (secondary N) is 1. The predicted octanol–water partition coefficient (Wildman–Crippen LogP) is -0.232. The van der Waals surface area contributed by atoms with Crippen LogP contribution in [0, 0.1) is 0 Å². The fraction of sp³-hybridized carbons (Fsp3) is 0.800. The van der Waals surface area contributed by atoms with Gasteiger partial charge in [0.1, 0.15) is 6.04 Å².